The standard InChI is InChI=1S/C19H22O3/c1-13(2)19(15-5-9-17(21-4)10-6-15)16-7-11-18(12-8-16)22-14(3)20/h5-13,19H,1-4H3. The van der Waals surface area contributed by atoms with Crippen molar-refractivity contribution < 1.29 is 14.3 Å². The third kappa shape index (κ3) is 3.88. The number of benzene rings is 2. The summed E-state index contributed by atoms with van der Waals surface area (Å²) in [5, 5.41) is 0. The maximum absolute atomic E-state index is 11.0. The van der Waals surface area contributed by atoms with E-state index in [0.29, 0.717) is 11.7 Å². The molecule has 0 N–H and O–H groups in total. The largest absolute Gasteiger partial charge is 0.497 e. The van der Waals surface area contributed by atoms with E-state index in [1.165, 1.54) is 18.1 Å². The number of methoxy groups -OCH3 is 1. The van der Waals surface area contributed by atoms with Gasteiger partial charge in [0.05, 0.1) is 7.11 Å². The van der Waals surface area contributed by atoms with E-state index < -0.39 is 0 Å². The van der Waals surface area contributed by atoms with Crippen LogP contribution in [0, 0.1) is 5.92 Å². The zero-order valence-electron chi connectivity index (χ0n) is 13.5. The molecule has 0 amide bonds. The number of hydrogen-bond donors (Lipinski definition) is 0. The number of carbonyl (C=O) groups is 1. The summed E-state index contributed by atoms with van der Waals surface area (Å²) in [5.74, 6) is 1.87. The third-order valence-electron chi connectivity index (χ3n) is 3.64. The van der Waals surface area contributed by atoms with Gasteiger partial charge in [0.15, 0.2) is 0 Å². The van der Waals surface area contributed by atoms with Gasteiger partial charge in [0.25, 0.3) is 0 Å². The lowest BCUT2D eigenvalue weighted by Gasteiger charge is -2.22. The molecule has 116 valence electrons. The van der Waals surface area contributed by atoms with Crippen LogP contribution < -0.4 is 9.47 Å². The molecule has 2 aromatic rings. The fourth-order valence-electron chi connectivity index (χ4n) is 2.68. The van der Waals surface area contributed by atoms with Crippen molar-refractivity contribution in [1.82, 2.24) is 0 Å². The predicted molar refractivity (Wildman–Crippen MR) is 87.4 cm³/mol. The first-order valence-corrected chi connectivity index (χ1v) is 7.43. The SMILES string of the molecule is COc1ccc(C(c2ccc(OC(C)=O)cc2)C(C)C)cc1. The van der Waals surface area contributed by atoms with Crippen LogP contribution in [0.15, 0.2) is 48.5 Å². The minimum atomic E-state index is -0.302. The molecule has 1 atom stereocenters. The molecule has 2 aromatic carbocycles. The minimum absolute atomic E-state index is 0.289. The Kier molecular flexibility index (Phi) is 5.21. The van der Waals surface area contributed by atoms with E-state index in [4.69, 9.17) is 9.47 Å². The van der Waals surface area contributed by atoms with Crippen LogP contribution in [-0.2, 0) is 4.79 Å². The Morgan fingerprint density at radius 1 is 0.864 bits per heavy atom. The van der Waals surface area contributed by atoms with Gasteiger partial charge in [-0.2, -0.15) is 0 Å². The van der Waals surface area contributed by atoms with Crippen molar-refractivity contribution in [2.24, 2.45) is 5.92 Å². The highest BCUT2D eigenvalue weighted by molar-refractivity contribution is 5.69. The predicted octanol–water partition coefficient (Wildman–Crippen LogP) is 4.41. The Balaban J connectivity index is 2.28. The number of carbonyl (C=O) groups excluding carboxylic acids is 1. The molecule has 0 aromatic heterocycles. The van der Waals surface area contributed by atoms with Crippen LogP contribution in [0.25, 0.3) is 0 Å². The van der Waals surface area contributed by atoms with Crippen molar-refractivity contribution in [1.29, 1.82) is 0 Å². The van der Waals surface area contributed by atoms with Crippen LogP contribution in [0.4, 0.5) is 0 Å². The average molecular weight is 298 g/mol. The molecule has 0 aliphatic carbocycles. The van der Waals surface area contributed by atoms with Crippen LogP contribution in [0.3, 0.4) is 0 Å². The topological polar surface area (TPSA) is 35.5 Å². The second-order valence-corrected chi connectivity index (χ2v) is 5.66. The molecule has 0 saturated heterocycles. The summed E-state index contributed by atoms with van der Waals surface area (Å²) < 4.78 is 10.3. The van der Waals surface area contributed by atoms with Gasteiger partial charge in [0, 0.05) is 12.8 Å². The van der Waals surface area contributed by atoms with Crippen molar-refractivity contribution in [3.05, 3.63) is 59.7 Å². The first-order chi connectivity index (χ1) is 10.5. The summed E-state index contributed by atoms with van der Waals surface area (Å²) in [5.41, 5.74) is 2.45. The lowest BCUT2D eigenvalue weighted by atomic mass is 9.82. The molecular weight excluding hydrogens is 276 g/mol. The van der Waals surface area contributed by atoms with Crippen LogP contribution in [-0.4, -0.2) is 13.1 Å². The summed E-state index contributed by atoms with van der Waals surface area (Å²) in [7, 11) is 1.67. The third-order valence-corrected chi connectivity index (χ3v) is 3.64. The van der Waals surface area contributed by atoms with Gasteiger partial charge in [-0.05, 0) is 41.3 Å². The van der Waals surface area contributed by atoms with E-state index in [-0.39, 0.29) is 11.9 Å². The van der Waals surface area contributed by atoms with Gasteiger partial charge in [-0.15, -0.1) is 0 Å². The second-order valence-electron chi connectivity index (χ2n) is 5.66. The summed E-state index contributed by atoms with van der Waals surface area (Å²) in [6.45, 7) is 5.81. The van der Waals surface area contributed by atoms with Crippen LogP contribution in [0.1, 0.15) is 37.8 Å². The first-order valence-electron chi connectivity index (χ1n) is 7.43. The molecule has 0 fully saturated rings. The van der Waals surface area contributed by atoms with Crippen molar-refractivity contribution in [2.45, 2.75) is 26.7 Å². The first kappa shape index (κ1) is 16.1. The molecular formula is C19H22O3. The average Bonchev–Trinajstić information content (AvgIpc) is 2.49. The van der Waals surface area contributed by atoms with Crippen LogP contribution >= 0.6 is 0 Å². The van der Waals surface area contributed by atoms with Crippen LogP contribution in [0.5, 0.6) is 11.5 Å². The van der Waals surface area contributed by atoms with Gasteiger partial charge in [-0.1, -0.05) is 38.1 Å². The van der Waals surface area contributed by atoms with Gasteiger partial charge >= 0.3 is 5.97 Å². The summed E-state index contributed by atoms with van der Waals surface area (Å²) >= 11 is 0. The van der Waals surface area contributed by atoms with Gasteiger partial charge in [0.1, 0.15) is 11.5 Å². The molecule has 0 saturated carbocycles. The summed E-state index contributed by atoms with van der Waals surface area (Å²) in [6.07, 6.45) is 0. The number of hydrogen-bond acceptors (Lipinski definition) is 3. The Morgan fingerprint density at radius 3 is 1.68 bits per heavy atom. The Labute approximate surface area is 131 Å². The fourth-order valence-corrected chi connectivity index (χ4v) is 2.68. The normalized spacial score (nSPS) is 12.0. The maximum atomic E-state index is 11.0. The molecule has 0 heterocycles. The molecule has 22 heavy (non-hydrogen) atoms. The van der Waals surface area contributed by atoms with Crippen molar-refractivity contribution in [3.8, 4) is 11.5 Å². The highest BCUT2D eigenvalue weighted by Crippen LogP contribution is 2.33. The van der Waals surface area contributed by atoms with Crippen molar-refractivity contribution >= 4 is 5.97 Å². The zero-order valence-corrected chi connectivity index (χ0v) is 13.5. The monoisotopic (exact) mass is 298 g/mol. The molecule has 0 radical (unpaired) electrons. The van der Waals surface area contributed by atoms with Gasteiger partial charge in [-0.25, -0.2) is 0 Å². The molecule has 0 aliphatic rings. The lowest BCUT2D eigenvalue weighted by Crippen LogP contribution is -2.09. The summed E-state index contributed by atoms with van der Waals surface area (Å²) in [4.78, 5) is 11.0. The van der Waals surface area contributed by atoms with Gasteiger partial charge in [0.2, 0.25) is 0 Å². The molecule has 0 aliphatic heterocycles. The number of esters is 1. The maximum Gasteiger partial charge on any atom is 0.308 e. The Bertz CT molecular complexity index is 612. The molecule has 1 unspecified atom stereocenters. The lowest BCUT2D eigenvalue weighted by molar-refractivity contribution is -0.131. The van der Waals surface area contributed by atoms with Crippen LogP contribution in [0.2, 0.25) is 0 Å². The fraction of sp³-hybridized carbons (Fsp3) is 0.316. The smallest absolute Gasteiger partial charge is 0.308 e. The minimum Gasteiger partial charge on any atom is -0.497 e. The number of rotatable bonds is 5. The van der Waals surface area contributed by atoms with Gasteiger partial charge in [-0.3, -0.25) is 4.79 Å². The Morgan fingerprint density at radius 2 is 1.32 bits per heavy atom. The molecule has 0 bridgehead atoms. The molecule has 3 heteroatoms. The van der Waals surface area contributed by atoms with Crippen molar-refractivity contribution in [2.75, 3.05) is 7.11 Å². The van der Waals surface area contributed by atoms with E-state index in [2.05, 4.69) is 26.0 Å². The Hall–Kier alpha value is -2.29. The highest BCUT2D eigenvalue weighted by atomic mass is 16.5. The van der Waals surface area contributed by atoms with E-state index >= 15 is 0 Å². The molecule has 3 nitrogen and oxygen atoms in total. The highest BCUT2D eigenvalue weighted by Gasteiger charge is 2.18. The second kappa shape index (κ2) is 7.12. The van der Waals surface area contributed by atoms with E-state index in [9.17, 15) is 4.79 Å². The van der Waals surface area contributed by atoms with Crippen molar-refractivity contribution in [3.63, 3.8) is 0 Å². The van der Waals surface area contributed by atoms with E-state index in [1.54, 1.807) is 7.11 Å². The number of ether oxygens (including phenoxy) is 2. The summed E-state index contributed by atoms with van der Waals surface area (Å²) in [6, 6.07) is 15.9. The van der Waals surface area contributed by atoms with E-state index in [1.807, 2.05) is 36.4 Å². The zero-order chi connectivity index (χ0) is 16.1. The molecule has 0 spiro atoms. The molecule has 2 rings (SSSR count). The van der Waals surface area contributed by atoms with Gasteiger partial charge < -0.3 is 9.47 Å². The van der Waals surface area contributed by atoms with E-state index in [0.717, 1.165) is 5.75 Å². The quantitative estimate of drug-likeness (QED) is 0.606.